The maximum absolute atomic E-state index is 13.5. The number of hydrogen-bond donors (Lipinski definition) is 2. The van der Waals surface area contributed by atoms with Crippen molar-refractivity contribution < 1.29 is 4.39 Å². The molecule has 0 radical (unpaired) electrons. The Balaban J connectivity index is 1.43. The van der Waals surface area contributed by atoms with E-state index in [0.717, 1.165) is 43.9 Å². The zero-order valence-corrected chi connectivity index (χ0v) is 18.1. The normalized spacial score (nSPS) is 17.6. The molecule has 2 fully saturated rings. The van der Waals surface area contributed by atoms with Gasteiger partial charge in [0.05, 0.1) is 0 Å². The van der Waals surface area contributed by atoms with Crippen molar-refractivity contribution in [3.8, 4) is 0 Å². The highest BCUT2D eigenvalue weighted by atomic mass is 19.1. The summed E-state index contributed by atoms with van der Waals surface area (Å²) in [5, 5.41) is 10.7. The van der Waals surface area contributed by atoms with Crippen molar-refractivity contribution in [2.24, 2.45) is 0 Å². The fraction of sp³-hybridized carbons (Fsp3) is 0.391. The van der Waals surface area contributed by atoms with E-state index in [2.05, 4.69) is 47.3 Å². The summed E-state index contributed by atoms with van der Waals surface area (Å²) in [5.41, 5.74) is 1.89. The highest BCUT2D eigenvalue weighted by Gasteiger charge is 2.25. The molecule has 1 aromatic carbocycles. The minimum absolute atomic E-state index is 0.274. The first kappa shape index (κ1) is 20.6. The highest BCUT2D eigenvalue weighted by molar-refractivity contribution is 5.67. The Morgan fingerprint density at radius 1 is 1.06 bits per heavy atom. The van der Waals surface area contributed by atoms with Gasteiger partial charge in [-0.3, -0.25) is 5.10 Å². The second-order valence-electron chi connectivity index (χ2n) is 8.46. The molecule has 5 rings (SSSR count). The van der Waals surface area contributed by atoms with Crippen LogP contribution in [0.2, 0.25) is 0 Å². The van der Waals surface area contributed by atoms with Crippen molar-refractivity contribution in [2.45, 2.75) is 25.2 Å². The summed E-state index contributed by atoms with van der Waals surface area (Å²) >= 11 is 0. The molecule has 32 heavy (non-hydrogen) atoms. The first-order valence-electron chi connectivity index (χ1n) is 11.1. The topological polar surface area (TPSA) is 85.9 Å². The number of rotatable bonds is 6. The third-order valence-electron chi connectivity index (χ3n) is 5.77. The molecule has 1 aliphatic heterocycles. The maximum atomic E-state index is 13.5. The number of aromatic amines is 1. The predicted molar refractivity (Wildman–Crippen MR) is 123 cm³/mol. The molecular formula is C23H27FN8. The first-order chi connectivity index (χ1) is 15.6. The fourth-order valence-corrected chi connectivity index (χ4v) is 3.80. The van der Waals surface area contributed by atoms with Crippen LogP contribution in [0, 0.1) is 5.82 Å². The van der Waals surface area contributed by atoms with E-state index in [1.807, 2.05) is 18.2 Å². The summed E-state index contributed by atoms with van der Waals surface area (Å²) in [7, 11) is 2.13. The Bertz CT molecular complexity index is 1110. The average molecular weight is 435 g/mol. The molecule has 2 aliphatic rings. The van der Waals surface area contributed by atoms with Gasteiger partial charge in [0, 0.05) is 37.3 Å². The second kappa shape index (κ2) is 9.04. The molecule has 9 heteroatoms. The predicted octanol–water partition coefficient (Wildman–Crippen LogP) is 3.67. The molecule has 8 nitrogen and oxygen atoms in total. The maximum Gasteiger partial charge on any atom is 0.233 e. The van der Waals surface area contributed by atoms with Crippen LogP contribution >= 0.6 is 0 Å². The smallest absolute Gasteiger partial charge is 0.233 e. The molecule has 1 saturated heterocycles. The van der Waals surface area contributed by atoms with Gasteiger partial charge in [-0.1, -0.05) is 18.2 Å². The lowest BCUT2D eigenvalue weighted by atomic mass is 10.2. The van der Waals surface area contributed by atoms with E-state index in [0.29, 0.717) is 29.5 Å². The van der Waals surface area contributed by atoms with Gasteiger partial charge < -0.3 is 15.1 Å². The van der Waals surface area contributed by atoms with E-state index in [9.17, 15) is 4.39 Å². The summed E-state index contributed by atoms with van der Waals surface area (Å²) in [6.45, 7) is 3.74. The molecule has 0 amide bonds. The Hall–Kier alpha value is -3.33. The van der Waals surface area contributed by atoms with Crippen molar-refractivity contribution in [1.29, 1.82) is 0 Å². The molecule has 0 spiro atoms. The van der Waals surface area contributed by atoms with Crippen molar-refractivity contribution in [1.82, 2.24) is 30.0 Å². The van der Waals surface area contributed by atoms with Crippen molar-refractivity contribution in [3.63, 3.8) is 0 Å². The van der Waals surface area contributed by atoms with Gasteiger partial charge in [0.15, 0.2) is 11.6 Å². The van der Waals surface area contributed by atoms with Crippen LogP contribution in [0.3, 0.4) is 0 Å². The molecule has 166 valence electrons. The number of nitrogens with one attached hydrogen (secondary N) is 2. The van der Waals surface area contributed by atoms with Crippen LogP contribution in [0.25, 0.3) is 12.2 Å². The van der Waals surface area contributed by atoms with Crippen LogP contribution in [0.1, 0.15) is 42.3 Å². The van der Waals surface area contributed by atoms with Gasteiger partial charge >= 0.3 is 0 Å². The molecule has 3 heterocycles. The average Bonchev–Trinajstić information content (AvgIpc) is 3.57. The SMILES string of the molecule is CN1CCCN(c2nc(/C=C/c3cccc(F)c3)nc(Nc3cc(C4CC4)[nH]n3)n2)CC1. The molecule has 0 unspecified atom stereocenters. The summed E-state index contributed by atoms with van der Waals surface area (Å²) in [5.74, 6) is 2.60. The van der Waals surface area contributed by atoms with Crippen molar-refractivity contribution in [3.05, 3.63) is 53.2 Å². The van der Waals surface area contributed by atoms with Crippen LogP contribution in [0.4, 0.5) is 22.1 Å². The van der Waals surface area contributed by atoms with Gasteiger partial charge in [-0.2, -0.15) is 20.1 Å². The van der Waals surface area contributed by atoms with Crippen LogP contribution < -0.4 is 10.2 Å². The summed E-state index contributed by atoms with van der Waals surface area (Å²) in [6.07, 6.45) is 7.05. The van der Waals surface area contributed by atoms with Gasteiger partial charge in [-0.05, 0) is 56.6 Å². The molecule has 3 aromatic rings. The van der Waals surface area contributed by atoms with E-state index in [1.165, 1.54) is 25.0 Å². The van der Waals surface area contributed by atoms with Crippen LogP contribution in [0.5, 0.6) is 0 Å². The van der Waals surface area contributed by atoms with Gasteiger partial charge in [-0.15, -0.1) is 0 Å². The van der Waals surface area contributed by atoms with Crippen LogP contribution in [-0.4, -0.2) is 63.3 Å². The van der Waals surface area contributed by atoms with E-state index >= 15 is 0 Å². The molecule has 0 bridgehead atoms. The number of anilines is 3. The quantitative estimate of drug-likeness (QED) is 0.612. The number of nitrogens with zero attached hydrogens (tertiary/aromatic N) is 6. The monoisotopic (exact) mass is 434 g/mol. The van der Waals surface area contributed by atoms with Crippen molar-refractivity contribution >= 4 is 29.9 Å². The standard InChI is InChI=1S/C23H27FN8/c1-31-10-3-11-32(13-12-31)23-27-20(9-6-16-4-2-5-18(24)14-16)25-22(28-23)26-21-15-19(29-30-21)17-7-8-17/h2,4-6,9,14-15,17H,3,7-8,10-13H2,1H3,(H2,25,26,27,28,29,30)/b9-6+. The van der Waals surface area contributed by atoms with Crippen molar-refractivity contribution in [2.75, 3.05) is 43.4 Å². The third-order valence-corrected chi connectivity index (χ3v) is 5.77. The summed E-state index contributed by atoms with van der Waals surface area (Å²) in [4.78, 5) is 18.4. The Labute approximate surface area is 186 Å². The summed E-state index contributed by atoms with van der Waals surface area (Å²) in [6, 6.07) is 8.45. The van der Waals surface area contributed by atoms with E-state index in [4.69, 9.17) is 0 Å². The number of aromatic nitrogens is 5. The minimum Gasteiger partial charge on any atom is -0.339 e. The Morgan fingerprint density at radius 2 is 1.97 bits per heavy atom. The zero-order chi connectivity index (χ0) is 21.9. The van der Waals surface area contributed by atoms with Crippen LogP contribution in [0.15, 0.2) is 30.3 Å². The second-order valence-corrected chi connectivity index (χ2v) is 8.46. The first-order valence-corrected chi connectivity index (χ1v) is 11.1. The van der Waals surface area contributed by atoms with Crippen LogP contribution in [-0.2, 0) is 0 Å². The third kappa shape index (κ3) is 5.11. The molecule has 0 atom stereocenters. The van der Waals surface area contributed by atoms with Gasteiger partial charge in [0.25, 0.3) is 0 Å². The van der Waals surface area contributed by atoms with E-state index < -0.39 is 0 Å². The molecular weight excluding hydrogens is 407 g/mol. The fourth-order valence-electron chi connectivity index (χ4n) is 3.80. The van der Waals surface area contributed by atoms with Gasteiger partial charge in [0.1, 0.15) is 5.82 Å². The molecule has 1 saturated carbocycles. The minimum atomic E-state index is -0.274. The van der Waals surface area contributed by atoms with Gasteiger partial charge in [0.2, 0.25) is 11.9 Å². The lowest BCUT2D eigenvalue weighted by molar-refractivity contribution is 0.360. The van der Waals surface area contributed by atoms with E-state index in [-0.39, 0.29) is 5.82 Å². The lowest BCUT2D eigenvalue weighted by Gasteiger charge is -2.21. The summed E-state index contributed by atoms with van der Waals surface area (Å²) < 4.78 is 13.5. The zero-order valence-electron chi connectivity index (χ0n) is 18.1. The number of likely N-dealkylation sites (N-methyl/N-ethyl adjacent to an activating group) is 1. The molecule has 2 N–H and O–H groups in total. The highest BCUT2D eigenvalue weighted by Crippen LogP contribution is 2.39. The number of hydrogen-bond acceptors (Lipinski definition) is 7. The Morgan fingerprint density at radius 3 is 2.81 bits per heavy atom. The largest absolute Gasteiger partial charge is 0.339 e. The van der Waals surface area contributed by atoms with Gasteiger partial charge in [-0.25, -0.2) is 4.39 Å². The number of halogens is 1. The van der Waals surface area contributed by atoms with E-state index in [1.54, 1.807) is 12.1 Å². The molecule has 2 aromatic heterocycles. The molecule has 1 aliphatic carbocycles. The number of benzene rings is 1. The lowest BCUT2D eigenvalue weighted by Crippen LogP contribution is -2.30. The Kier molecular flexibility index (Phi) is 5.81. The number of H-pyrrole nitrogens is 1.